The van der Waals surface area contributed by atoms with Crippen LogP contribution in [0.3, 0.4) is 0 Å². The first kappa shape index (κ1) is 16.8. The molecule has 4 nitrogen and oxygen atoms in total. The van der Waals surface area contributed by atoms with Gasteiger partial charge in [-0.3, -0.25) is 4.79 Å². The summed E-state index contributed by atoms with van der Waals surface area (Å²) >= 11 is 0. The van der Waals surface area contributed by atoms with Crippen LogP contribution < -0.4 is 5.32 Å². The number of hydrogen-bond acceptors (Lipinski definition) is 3. The highest BCUT2D eigenvalue weighted by molar-refractivity contribution is 5.93. The Morgan fingerprint density at radius 1 is 1.04 bits per heavy atom. The fourth-order valence-electron chi connectivity index (χ4n) is 2.31. The highest BCUT2D eigenvalue weighted by Crippen LogP contribution is 2.23. The van der Waals surface area contributed by atoms with Gasteiger partial charge < -0.3 is 9.84 Å². The van der Waals surface area contributed by atoms with E-state index in [-0.39, 0.29) is 17.0 Å². The summed E-state index contributed by atoms with van der Waals surface area (Å²) in [6.07, 6.45) is 0. The van der Waals surface area contributed by atoms with Gasteiger partial charge in [0.25, 0.3) is 5.91 Å². The molecule has 0 unspecified atom stereocenters. The van der Waals surface area contributed by atoms with E-state index >= 15 is 0 Å². The van der Waals surface area contributed by atoms with Gasteiger partial charge in [-0.15, -0.1) is 0 Å². The van der Waals surface area contributed by atoms with Crippen LogP contribution in [-0.4, -0.2) is 11.1 Å². The van der Waals surface area contributed by atoms with Gasteiger partial charge in [0.15, 0.2) is 23.1 Å². The Balaban J connectivity index is 1.75. The Kier molecular flexibility index (Phi) is 4.56. The average Bonchev–Trinajstić information content (AvgIpc) is 3.07. The summed E-state index contributed by atoms with van der Waals surface area (Å²) in [5.74, 6) is -2.93. The molecule has 0 aliphatic heterocycles. The second-order valence-corrected chi connectivity index (χ2v) is 5.42. The molecule has 7 heteroatoms. The third-order valence-corrected chi connectivity index (χ3v) is 3.67. The molecule has 1 N–H and O–H groups in total. The maximum absolute atomic E-state index is 13.7. The van der Waals surface area contributed by atoms with E-state index in [1.54, 1.807) is 13.0 Å². The monoisotopic (exact) mass is 346 g/mol. The van der Waals surface area contributed by atoms with Crippen LogP contribution in [0.5, 0.6) is 0 Å². The summed E-state index contributed by atoms with van der Waals surface area (Å²) < 4.78 is 45.0. The third kappa shape index (κ3) is 3.55. The standard InChI is InChI=1S/C18H13F3N2O2/c1-10(11-6-7-14(20)15(21)8-11)22-18(24)16-9-17(25-23-16)12-4-2-3-5-13(12)19/h2-10H,1H3,(H,22,24)/t10-/m1/s1. The van der Waals surface area contributed by atoms with Gasteiger partial charge in [0, 0.05) is 6.07 Å². The molecule has 25 heavy (non-hydrogen) atoms. The molecule has 0 saturated heterocycles. The van der Waals surface area contributed by atoms with E-state index in [9.17, 15) is 18.0 Å². The first-order valence-corrected chi connectivity index (χ1v) is 7.43. The number of carbonyl (C=O) groups is 1. The van der Waals surface area contributed by atoms with Crippen molar-refractivity contribution in [1.29, 1.82) is 0 Å². The van der Waals surface area contributed by atoms with Gasteiger partial charge >= 0.3 is 0 Å². The number of nitrogens with one attached hydrogen (secondary N) is 1. The minimum absolute atomic E-state index is 0.0484. The minimum Gasteiger partial charge on any atom is -0.355 e. The summed E-state index contributed by atoms with van der Waals surface area (Å²) in [5, 5.41) is 6.22. The number of nitrogens with zero attached hydrogens (tertiary/aromatic N) is 1. The average molecular weight is 346 g/mol. The predicted octanol–water partition coefficient (Wildman–Crippen LogP) is 4.25. The van der Waals surface area contributed by atoms with Crippen molar-refractivity contribution >= 4 is 5.91 Å². The zero-order valence-electron chi connectivity index (χ0n) is 13.1. The Hall–Kier alpha value is -3.09. The van der Waals surface area contributed by atoms with Crippen molar-refractivity contribution in [2.24, 2.45) is 0 Å². The van der Waals surface area contributed by atoms with E-state index in [1.165, 1.54) is 30.3 Å². The lowest BCUT2D eigenvalue weighted by Gasteiger charge is -2.13. The molecule has 128 valence electrons. The number of benzene rings is 2. The minimum atomic E-state index is -0.998. The molecule has 0 fully saturated rings. The second kappa shape index (κ2) is 6.80. The Morgan fingerprint density at radius 3 is 2.52 bits per heavy atom. The van der Waals surface area contributed by atoms with Crippen LogP contribution in [-0.2, 0) is 0 Å². The lowest BCUT2D eigenvalue weighted by atomic mass is 10.1. The number of amides is 1. The van der Waals surface area contributed by atoms with E-state index in [4.69, 9.17) is 4.52 Å². The number of aromatic nitrogens is 1. The first-order valence-electron chi connectivity index (χ1n) is 7.43. The Morgan fingerprint density at radius 2 is 1.80 bits per heavy atom. The summed E-state index contributed by atoms with van der Waals surface area (Å²) in [6.45, 7) is 1.61. The fraction of sp³-hybridized carbons (Fsp3) is 0.111. The lowest BCUT2D eigenvalue weighted by Crippen LogP contribution is -2.27. The number of carbonyl (C=O) groups excluding carboxylic acids is 1. The van der Waals surface area contributed by atoms with Gasteiger partial charge in [0.1, 0.15) is 5.82 Å². The van der Waals surface area contributed by atoms with Crippen molar-refractivity contribution < 1.29 is 22.5 Å². The zero-order valence-corrected chi connectivity index (χ0v) is 13.1. The molecule has 1 heterocycles. The number of hydrogen-bond donors (Lipinski definition) is 1. The molecule has 0 bridgehead atoms. The molecule has 1 amide bonds. The zero-order chi connectivity index (χ0) is 18.0. The SMILES string of the molecule is C[C@@H](NC(=O)c1cc(-c2ccccc2F)on1)c1ccc(F)c(F)c1. The van der Waals surface area contributed by atoms with Crippen molar-refractivity contribution in [1.82, 2.24) is 10.5 Å². The van der Waals surface area contributed by atoms with Crippen LogP contribution in [0.2, 0.25) is 0 Å². The summed E-state index contributed by atoms with van der Waals surface area (Å²) in [5.41, 5.74) is 0.528. The van der Waals surface area contributed by atoms with Gasteiger partial charge in [0.05, 0.1) is 11.6 Å². The molecule has 0 spiro atoms. The van der Waals surface area contributed by atoms with Crippen LogP contribution in [0.15, 0.2) is 53.1 Å². The van der Waals surface area contributed by atoms with E-state index < -0.39 is 29.4 Å². The van der Waals surface area contributed by atoms with E-state index in [0.29, 0.717) is 5.56 Å². The normalized spacial score (nSPS) is 12.0. The summed E-state index contributed by atoms with van der Waals surface area (Å²) in [7, 11) is 0. The molecule has 3 aromatic rings. The first-order chi connectivity index (χ1) is 12.0. The highest BCUT2D eigenvalue weighted by Gasteiger charge is 2.18. The Bertz CT molecular complexity index is 924. The van der Waals surface area contributed by atoms with Crippen molar-refractivity contribution in [3.8, 4) is 11.3 Å². The predicted molar refractivity (Wildman–Crippen MR) is 84.1 cm³/mol. The fourth-order valence-corrected chi connectivity index (χ4v) is 2.31. The molecule has 0 aliphatic carbocycles. The van der Waals surface area contributed by atoms with E-state index in [1.807, 2.05) is 0 Å². The highest BCUT2D eigenvalue weighted by atomic mass is 19.2. The topological polar surface area (TPSA) is 55.1 Å². The molecule has 2 aromatic carbocycles. The molecular weight excluding hydrogens is 333 g/mol. The molecule has 0 radical (unpaired) electrons. The molecule has 0 aliphatic rings. The maximum Gasteiger partial charge on any atom is 0.273 e. The third-order valence-electron chi connectivity index (χ3n) is 3.67. The quantitative estimate of drug-likeness (QED) is 0.768. The van der Waals surface area contributed by atoms with Gasteiger partial charge in [-0.2, -0.15) is 0 Å². The molecule has 1 aromatic heterocycles. The van der Waals surface area contributed by atoms with Gasteiger partial charge in [-0.25, -0.2) is 13.2 Å². The largest absolute Gasteiger partial charge is 0.355 e. The van der Waals surface area contributed by atoms with Crippen molar-refractivity contribution in [2.45, 2.75) is 13.0 Å². The number of halogens is 3. The van der Waals surface area contributed by atoms with Crippen LogP contribution in [0, 0.1) is 17.5 Å². The molecule has 1 atom stereocenters. The summed E-state index contributed by atoms with van der Waals surface area (Å²) in [6, 6.07) is 10.0. The van der Waals surface area contributed by atoms with Gasteiger partial charge in [-0.05, 0) is 36.8 Å². The number of rotatable bonds is 4. The molecular formula is C18H13F3N2O2. The molecule has 0 saturated carbocycles. The Labute approximate surface area is 141 Å². The lowest BCUT2D eigenvalue weighted by molar-refractivity contribution is 0.0930. The smallest absolute Gasteiger partial charge is 0.273 e. The van der Waals surface area contributed by atoms with Crippen LogP contribution in [0.1, 0.15) is 29.0 Å². The van der Waals surface area contributed by atoms with Gasteiger partial charge in [-0.1, -0.05) is 23.4 Å². The van der Waals surface area contributed by atoms with E-state index in [2.05, 4.69) is 10.5 Å². The van der Waals surface area contributed by atoms with Gasteiger partial charge in [0.2, 0.25) is 0 Å². The van der Waals surface area contributed by atoms with Crippen LogP contribution in [0.25, 0.3) is 11.3 Å². The van der Waals surface area contributed by atoms with Crippen molar-refractivity contribution in [3.05, 3.63) is 77.2 Å². The van der Waals surface area contributed by atoms with Crippen LogP contribution >= 0.6 is 0 Å². The van der Waals surface area contributed by atoms with E-state index in [0.717, 1.165) is 12.1 Å². The van der Waals surface area contributed by atoms with Crippen LogP contribution in [0.4, 0.5) is 13.2 Å². The van der Waals surface area contributed by atoms with Crippen molar-refractivity contribution in [3.63, 3.8) is 0 Å². The molecule has 3 rings (SSSR count). The van der Waals surface area contributed by atoms with Crippen molar-refractivity contribution in [2.75, 3.05) is 0 Å². The maximum atomic E-state index is 13.7. The second-order valence-electron chi connectivity index (χ2n) is 5.42. The summed E-state index contributed by atoms with van der Waals surface area (Å²) in [4.78, 5) is 12.2.